The van der Waals surface area contributed by atoms with Crippen molar-refractivity contribution in [3.8, 4) is 0 Å². The van der Waals surface area contributed by atoms with Crippen LogP contribution >= 0.6 is 0 Å². The van der Waals surface area contributed by atoms with Gasteiger partial charge in [0, 0.05) is 0 Å². The average molecular weight is 300 g/mol. The molecule has 0 saturated heterocycles. The van der Waals surface area contributed by atoms with Crippen LogP contribution in [0.15, 0.2) is 0 Å². The van der Waals surface area contributed by atoms with E-state index >= 15 is 0 Å². The van der Waals surface area contributed by atoms with Crippen molar-refractivity contribution in [3.05, 3.63) is 0 Å². The molecule has 0 radical (unpaired) electrons. The number of carbonyl (C=O) groups excluding carboxylic acids is 1. The third-order valence-electron chi connectivity index (χ3n) is 0. The average Bonchev–Trinajstić information content (AvgIpc) is 0.811. The Balaban J connectivity index is -0.0000000150. The summed E-state index contributed by atoms with van der Waals surface area (Å²) in [5, 5.41) is 0. The molecule has 0 fully saturated rings. The summed E-state index contributed by atoms with van der Waals surface area (Å²) < 4.78 is 0. The largest absolute Gasteiger partial charge is 1.00 e. The number of hydrogen-bond acceptors (Lipinski definition) is 1. The number of amides is 1. The molecule has 0 spiro atoms. The van der Waals surface area contributed by atoms with Crippen molar-refractivity contribution in [2.45, 2.75) is 6.92 Å². The van der Waals surface area contributed by atoms with Crippen molar-refractivity contribution in [1.82, 2.24) is 0 Å². The minimum atomic E-state index is -0.0833. The minimum Gasteiger partial charge on any atom is -1.00 e. The van der Waals surface area contributed by atoms with Gasteiger partial charge in [0.15, 0.2) is 0 Å². The van der Waals surface area contributed by atoms with Crippen LogP contribution in [0.25, 0.3) is 0 Å². The molecule has 0 unspecified atom stereocenters. The monoisotopic (exact) mass is 297 g/mol. The van der Waals surface area contributed by atoms with Gasteiger partial charge in [-0.1, -0.05) is 0 Å². The van der Waals surface area contributed by atoms with Gasteiger partial charge in [-0.2, -0.15) is 0 Å². The summed E-state index contributed by atoms with van der Waals surface area (Å²) in [6.07, 6.45) is 0. The molecule has 3 N–H and O–H groups in total. The second-order valence-electron chi connectivity index (χ2n) is 0.702. The van der Waals surface area contributed by atoms with Gasteiger partial charge in [0.05, 0.1) is 6.92 Å². The van der Waals surface area contributed by atoms with Crippen LogP contribution in [0.2, 0.25) is 0 Å². The minimum absolute atomic E-state index is 0. The SMILES string of the molecule is CC([NH3+])=O.[Br-].[Br-].[Br-]. The zero-order valence-corrected chi connectivity index (χ0v) is 8.51. The lowest BCUT2D eigenvalue weighted by molar-refractivity contribution is -0.302. The third kappa shape index (κ3) is 159. The van der Waals surface area contributed by atoms with Crippen LogP contribution in [-0.2, 0) is 4.79 Å². The molecule has 0 aromatic heterocycles. The highest BCUT2D eigenvalue weighted by atomic mass is 79.9. The molecule has 1 amide bonds. The van der Waals surface area contributed by atoms with E-state index in [1.165, 1.54) is 6.92 Å². The highest BCUT2D eigenvalue weighted by Gasteiger charge is 1.68. The summed E-state index contributed by atoms with van der Waals surface area (Å²) in [7, 11) is 0. The molecule has 0 aromatic carbocycles. The lowest BCUT2D eigenvalue weighted by Crippen LogP contribution is -3.00. The normalized spacial score (nSPS) is 3.71. The summed E-state index contributed by atoms with van der Waals surface area (Å²) in [5.74, 6) is -0.0833. The Labute approximate surface area is 74.1 Å². The lowest BCUT2D eigenvalue weighted by atomic mass is 10.8. The van der Waals surface area contributed by atoms with Gasteiger partial charge in [-0.3, -0.25) is 5.73 Å². The summed E-state index contributed by atoms with van der Waals surface area (Å²) in [5.41, 5.74) is 3.00. The summed E-state index contributed by atoms with van der Waals surface area (Å²) in [4.78, 5) is 9.33. The second-order valence-corrected chi connectivity index (χ2v) is 0.702. The van der Waals surface area contributed by atoms with E-state index < -0.39 is 0 Å². The van der Waals surface area contributed by atoms with E-state index in [1.54, 1.807) is 0 Å². The molecular formula is C2H6Br3NO-2. The predicted molar refractivity (Wildman–Crippen MR) is 13.6 cm³/mol. The Kier molecular flexibility index (Phi) is 54.7. The van der Waals surface area contributed by atoms with Crippen LogP contribution < -0.4 is 56.7 Å². The Hall–Kier alpha value is 1.07. The number of rotatable bonds is 0. The van der Waals surface area contributed by atoms with E-state index in [0.29, 0.717) is 0 Å². The number of hydrogen-bond donors (Lipinski definition) is 1. The molecule has 7 heavy (non-hydrogen) atoms. The first-order valence-electron chi connectivity index (χ1n) is 1.06. The molecule has 0 atom stereocenters. The zero-order valence-electron chi connectivity index (χ0n) is 3.75. The molecule has 0 bridgehead atoms. The Bertz CT molecular complexity index is 35.9. The maximum Gasteiger partial charge on any atom is 0.305 e. The number of halogens is 3. The number of carbonyl (C=O) groups is 1. The van der Waals surface area contributed by atoms with Gasteiger partial charge in [0.2, 0.25) is 0 Å². The molecule has 5 heteroatoms. The van der Waals surface area contributed by atoms with Gasteiger partial charge >= 0.3 is 5.91 Å². The van der Waals surface area contributed by atoms with Gasteiger partial charge in [-0.05, 0) is 0 Å². The first-order valence-corrected chi connectivity index (χ1v) is 1.06. The predicted octanol–water partition coefficient (Wildman–Crippen LogP) is -10.2. The molecule has 0 saturated carbocycles. The third-order valence-corrected chi connectivity index (χ3v) is 0. The van der Waals surface area contributed by atoms with Gasteiger partial charge in [-0.25, -0.2) is 4.79 Å². The van der Waals surface area contributed by atoms with Crippen LogP contribution in [-0.4, -0.2) is 5.91 Å². The number of quaternary nitrogens is 1. The van der Waals surface area contributed by atoms with E-state index in [9.17, 15) is 4.79 Å². The topological polar surface area (TPSA) is 44.7 Å². The van der Waals surface area contributed by atoms with Crippen molar-refractivity contribution in [3.63, 3.8) is 0 Å². The smallest absolute Gasteiger partial charge is 0.305 e. The molecule has 0 aliphatic rings. The zero-order chi connectivity index (χ0) is 3.58. The van der Waals surface area contributed by atoms with E-state index in [2.05, 4.69) is 5.73 Å². The molecule has 0 aliphatic carbocycles. The summed E-state index contributed by atoms with van der Waals surface area (Å²) >= 11 is 0. The fourth-order valence-corrected chi connectivity index (χ4v) is 0. The van der Waals surface area contributed by atoms with E-state index in [1.807, 2.05) is 0 Å². The molecular weight excluding hydrogens is 294 g/mol. The van der Waals surface area contributed by atoms with Gasteiger partial charge < -0.3 is 50.9 Å². The summed E-state index contributed by atoms with van der Waals surface area (Å²) in [6.45, 7) is 1.42. The Morgan fingerprint density at radius 1 is 1.29 bits per heavy atom. The second kappa shape index (κ2) is 15.7. The first-order chi connectivity index (χ1) is 1.73. The maximum absolute atomic E-state index is 9.33. The van der Waals surface area contributed by atoms with Gasteiger partial charge in [-0.15, -0.1) is 0 Å². The van der Waals surface area contributed by atoms with Crippen LogP contribution in [0.5, 0.6) is 0 Å². The van der Waals surface area contributed by atoms with E-state index in [4.69, 9.17) is 0 Å². The van der Waals surface area contributed by atoms with Crippen LogP contribution in [0.4, 0.5) is 0 Å². The van der Waals surface area contributed by atoms with E-state index in [-0.39, 0.29) is 56.9 Å². The van der Waals surface area contributed by atoms with Crippen molar-refractivity contribution >= 4 is 5.91 Å². The summed E-state index contributed by atoms with van der Waals surface area (Å²) in [6, 6.07) is 0. The molecule has 48 valence electrons. The molecule has 0 heterocycles. The highest BCUT2D eigenvalue weighted by Crippen LogP contribution is 1.27. The maximum atomic E-state index is 9.33. The van der Waals surface area contributed by atoms with Crippen LogP contribution in [0.1, 0.15) is 6.92 Å². The van der Waals surface area contributed by atoms with Gasteiger partial charge in [0.25, 0.3) is 0 Å². The fraction of sp³-hybridized carbons (Fsp3) is 0.500. The van der Waals surface area contributed by atoms with Crippen LogP contribution in [0, 0.1) is 0 Å². The molecule has 0 aromatic rings. The van der Waals surface area contributed by atoms with E-state index in [0.717, 1.165) is 0 Å². The molecule has 0 rings (SSSR count). The fourth-order valence-electron chi connectivity index (χ4n) is 0. The quantitative estimate of drug-likeness (QED) is 0.474. The molecule has 0 aliphatic heterocycles. The first kappa shape index (κ1) is 24.4. The molecule has 2 nitrogen and oxygen atoms in total. The Morgan fingerprint density at radius 2 is 1.29 bits per heavy atom. The standard InChI is InChI=1S/C2H5NO.3BrH/c1-2(3)4;;;/h1H3,(H2,3,4);3*1H/p-2. The Morgan fingerprint density at radius 3 is 1.29 bits per heavy atom. The van der Waals surface area contributed by atoms with Crippen LogP contribution in [0.3, 0.4) is 0 Å². The highest BCUT2D eigenvalue weighted by molar-refractivity contribution is 5.60. The van der Waals surface area contributed by atoms with Crippen molar-refractivity contribution in [1.29, 1.82) is 0 Å². The van der Waals surface area contributed by atoms with Crippen molar-refractivity contribution in [2.24, 2.45) is 0 Å². The van der Waals surface area contributed by atoms with Crippen molar-refractivity contribution in [2.75, 3.05) is 0 Å². The van der Waals surface area contributed by atoms with Crippen molar-refractivity contribution < 1.29 is 61.5 Å². The van der Waals surface area contributed by atoms with Gasteiger partial charge in [0.1, 0.15) is 0 Å². The lowest BCUT2D eigenvalue weighted by Gasteiger charge is -1.53.